The molecule has 0 radical (unpaired) electrons. The van der Waals surface area contributed by atoms with E-state index in [1.54, 1.807) is 54.9 Å². The first-order valence-electron chi connectivity index (χ1n) is 10.2. The maximum Gasteiger partial charge on any atom is 0.295 e. The lowest BCUT2D eigenvalue weighted by Crippen LogP contribution is -2.29. The summed E-state index contributed by atoms with van der Waals surface area (Å²) in [5, 5.41) is 11.1. The topological polar surface area (TPSA) is 79.7 Å². The van der Waals surface area contributed by atoms with Crippen molar-refractivity contribution in [1.29, 1.82) is 0 Å². The van der Waals surface area contributed by atoms with Gasteiger partial charge in [-0.25, -0.2) is 0 Å². The summed E-state index contributed by atoms with van der Waals surface area (Å²) in [5.41, 5.74) is 2.01. The van der Waals surface area contributed by atoms with E-state index in [2.05, 4.69) is 20.9 Å². The Bertz CT molecular complexity index is 1160. The number of benzene rings is 2. The third-order valence-electron chi connectivity index (χ3n) is 5.24. The molecule has 0 saturated carbocycles. The van der Waals surface area contributed by atoms with E-state index in [1.165, 1.54) is 4.90 Å². The first-order valence-corrected chi connectivity index (χ1v) is 10.9. The highest BCUT2D eigenvalue weighted by Crippen LogP contribution is 2.40. The van der Waals surface area contributed by atoms with Gasteiger partial charge in [-0.15, -0.1) is 0 Å². The molecule has 2 aromatic carbocycles. The predicted molar refractivity (Wildman–Crippen MR) is 124 cm³/mol. The number of Topliss-reactive ketones (excluding diaryl/α,β-unsaturated/α-hetero) is 1. The van der Waals surface area contributed by atoms with Crippen LogP contribution in [0.25, 0.3) is 5.76 Å². The molecule has 3 aromatic rings. The number of ether oxygens (including phenoxy) is 1. The van der Waals surface area contributed by atoms with Crippen LogP contribution in [0.3, 0.4) is 0 Å². The van der Waals surface area contributed by atoms with Crippen molar-refractivity contribution in [1.82, 2.24) is 9.88 Å². The van der Waals surface area contributed by atoms with Crippen molar-refractivity contribution < 1.29 is 19.4 Å². The minimum atomic E-state index is -0.741. The van der Waals surface area contributed by atoms with E-state index >= 15 is 0 Å². The normalized spacial score (nSPS) is 17.6. The maximum absolute atomic E-state index is 13.1. The monoisotopic (exact) mass is 492 g/mol. The SMILES string of the molecule is CCOc1ccc(C2C(=C(O)c3ccc(Br)cc3)C(=O)C(=O)N2Cc2cccnc2)cc1. The molecule has 7 heteroatoms. The second-order valence-corrected chi connectivity index (χ2v) is 8.21. The molecule has 1 fully saturated rings. The molecule has 1 atom stereocenters. The van der Waals surface area contributed by atoms with E-state index in [0.717, 1.165) is 10.0 Å². The van der Waals surface area contributed by atoms with Crippen molar-refractivity contribution in [3.63, 3.8) is 0 Å². The predicted octanol–water partition coefficient (Wildman–Crippen LogP) is 4.86. The van der Waals surface area contributed by atoms with E-state index < -0.39 is 17.7 Å². The molecule has 6 nitrogen and oxygen atoms in total. The van der Waals surface area contributed by atoms with Crippen molar-refractivity contribution in [3.05, 3.63) is 99.8 Å². The third-order valence-corrected chi connectivity index (χ3v) is 5.77. The summed E-state index contributed by atoms with van der Waals surface area (Å²) in [4.78, 5) is 31.7. The Morgan fingerprint density at radius 3 is 2.44 bits per heavy atom. The van der Waals surface area contributed by atoms with Gasteiger partial charge in [-0.2, -0.15) is 0 Å². The highest BCUT2D eigenvalue weighted by Gasteiger charge is 2.46. The third kappa shape index (κ3) is 4.29. The highest BCUT2D eigenvalue weighted by atomic mass is 79.9. The molecule has 1 unspecified atom stereocenters. The van der Waals surface area contributed by atoms with Gasteiger partial charge in [0.05, 0.1) is 18.2 Å². The van der Waals surface area contributed by atoms with Crippen LogP contribution in [0.2, 0.25) is 0 Å². The number of aromatic nitrogens is 1. The molecule has 1 aromatic heterocycles. The molecule has 1 N–H and O–H groups in total. The number of amides is 1. The largest absolute Gasteiger partial charge is 0.507 e. The van der Waals surface area contributed by atoms with Gasteiger partial charge in [0, 0.05) is 29.0 Å². The minimum absolute atomic E-state index is 0.0605. The summed E-state index contributed by atoms with van der Waals surface area (Å²) < 4.78 is 6.36. The fourth-order valence-corrected chi connectivity index (χ4v) is 4.02. The maximum atomic E-state index is 13.1. The number of hydrogen-bond acceptors (Lipinski definition) is 5. The van der Waals surface area contributed by atoms with Crippen molar-refractivity contribution in [2.45, 2.75) is 19.5 Å². The van der Waals surface area contributed by atoms with Gasteiger partial charge in [-0.3, -0.25) is 14.6 Å². The molecule has 0 bridgehead atoms. The number of likely N-dealkylation sites (tertiary alicyclic amines) is 1. The van der Waals surface area contributed by atoms with Gasteiger partial charge in [0.1, 0.15) is 11.5 Å². The molecule has 1 aliphatic rings. The quantitative estimate of drug-likeness (QED) is 0.301. The van der Waals surface area contributed by atoms with Crippen LogP contribution in [0.5, 0.6) is 5.75 Å². The molecule has 1 aliphatic heterocycles. The zero-order chi connectivity index (χ0) is 22.7. The van der Waals surface area contributed by atoms with E-state index in [-0.39, 0.29) is 17.9 Å². The van der Waals surface area contributed by atoms with Gasteiger partial charge in [0.2, 0.25) is 0 Å². The van der Waals surface area contributed by atoms with Crippen LogP contribution in [-0.2, 0) is 16.1 Å². The molecular formula is C25H21BrN2O4. The van der Waals surface area contributed by atoms with Crippen molar-refractivity contribution in [2.75, 3.05) is 6.61 Å². The van der Waals surface area contributed by atoms with Crippen molar-refractivity contribution >= 4 is 33.4 Å². The average Bonchev–Trinajstić information content (AvgIpc) is 3.05. The molecule has 2 heterocycles. The second-order valence-electron chi connectivity index (χ2n) is 7.30. The summed E-state index contributed by atoms with van der Waals surface area (Å²) in [7, 11) is 0. The number of nitrogens with zero attached hydrogens (tertiary/aromatic N) is 2. The second kappa shape index (κ2) is 9.36. The standard InChI is InChI=1S/C25H21BrN2O4/c1-2-32-20-11-7-17(8-12-20)22-21(23(29)18-5-9-19(26)10-6-18)24(30)25(31)28(22)15-16-4-3-13-27-14-16/h3-14,22,29H,2,15H2,1H3. The number of ketones is 1. The fourth-order valence-electron chi connectivity index (χ4n) is 3.75. The highest BCUT2D eigenvalue weighted by molar-refractivity contribution is 9.10. The lowest BCUT2D eigenvalue weighted by molar-refractivity contribution is -0.140. The Morgan fingerprint density at radius 2 is 1.81 bits per heavy atom. The van der Waals surface area contributed by atoms with Gasteiger partial charge in [0.15, 0.2) is 0 Å². The Labute approximate surface area is 194 Å². The number of halogens is 1. The molecule has 32 heavy (non-hydrogen) atoms. The number of pyridine rings is 1. The zero-order valence-electron chi connectivity index (χ0n) is 17.4. The first-order chi connectivity index (χ1) is 15.5. The molecule has 1 amide bonds. The van der Waals surface area contributed by atoms with Crippen LogP contribution < -0.4 is 4.74 Å². The van der Waals surface area contributed by atoms with Crippen LogP contribution >= 0.6 is 15.9 Å². The number of aliphatic hydroxyl groups is 1. The smallest absolute Gasteiger partial charge is 0.295 e. The van der Waals surface area contributed by atoms with Crippen LogP contribution in [0.4, 0.5) is 0 Å². The lowest BCUT2D eigenvalue weighted by atomic mass is 9.95. The number of hydrogen-bond donors (Lipinski definition) is 1. The zero-order valence-corrected chi connectivity index (χ0v) is 19.0. The van der Waals surface area contributed by atoms with Crippen LogP contribution in [0.15, 0.2) is 83.1 Å². The van der Waals surface area contributed by atoms with E-state index in [4.69, 9.17) is 4.74 Å². The van der Waals surface area contributed by atoms with E-state index in [9.17, 15) is 14.7 Å². The van der Waals surface area contributed by atoms with E-state index in [0.29, 0.717) is 23.5 Å². The van der Waals surface area contributed by atoms with E-state index in [1.807, 2.05) is 25.1 Å². The van der Waals surface area contributed by atoms with Crippen LogP contribution in [0.1, 0.15) is 29.7 Å². The molecule has 0 spiro atoms. The van der Waals surface area contributed by atoms with Gasteiger partial charge in [-0.1, -0.05) is 46.3 Å². The first kappa shape index (κ1) is 21.8. The number of rotatable bonds is 6. The number of aliphatic hydroxyl groups excluding tert-OH is 1. The Kier molecular flexibility index (Phi) is 6.37. The van der Waals surface area contributed by atoms with Crippen LogP contribution in [0, 0.1) is 0 Å². The van der Waals surface area contributed by atoms with Crippen molar-refractivity contribution in [3.8, 4) is 5.75 Å². The Hall–Kier alpha value is -3.45. The van der Waals surface area contributed by atoms with Gasteiger partial charge in [0.25, 0.3) is 11.7 Å². The summed E-state index contributed by atoms with van der Waals surface area (Å²) in [6, 6.07) is 17.0. The fraction of sp³-hybridized carbons (Fsp3) is 0.160. The molecule has 0 aliphatic carbocycles. The minimum Gasteiger partial charge on any atom is -0.507 e. The number of carbonyl (C=O) groups is 2. The molecule has 162 valence electrons. The van der Waals surface area contributed by atoms with Gasteiger partial charge >= 0.3 is 0 Å². The van der Waals surface area contributed by atoms with Crippen molar-refractivity contribution in [2.24, 2.45) is 0 Å². The summed E-state index contributed by atoms with van der Waals surface area (Å²) in [6.45, 7) is 2.62. The molecule has 1 saturated heterocycles. The summed E-state index contributed by atoms with van der Waals surface area (Å²) >= 11 is 3.37. The van der Waals surface area contributed by atoms with Gasteiger partial charge < -0.3 is 14.7 Å². The molecular weight excluding hydrogens is 472 g/mol. The Morgan fingerprint density at radius 1 is 1.09 bits per heavy atom. The Balaban J connectivity index is 1.83. The number of carbonyl (C=O) groups excluding carboxylic acids is 2. The molecule has 4 rings (SSSR count). The lowest BCUT2D eigenvalue weighted by Gasteiger charge is -2.25. The summed E-state index contributed by atoms with van der Waals surface area (Å²) in [5.74, 6) is -0.892. The van der Waals surface area contributed by atoms with Crippen LogP contribution in [-0.4, -0.2) is 33.3 Å². The summed E-state index contributed by atoms with van der Waals surface area (Å²) in [6.07, 6.45) is 3.30. The van der Waals surface area contributed by atoms with Gasteiger partial charge in [-0.05, 0) is 48.4 Å². The average molecular weight is 493 g/mol.